The third-order valence-electron chi connectivity index (χ3n) is 1.33. The highest BCUT2D eigenvalue weighted by Crippen LogP contribution is 2.46. The van der Waals surface area contributed by atoms with Gasteiger partial charge < -0.3 is 0 Å². The molecular formula is C9H21O3SSi. The smallest absolute Gasteiger partial charge is 0.208 e. The molecule has 0 bridgehead atoms. The van der Waals surface area contributed by atoms with Crippen molar-refractivity contribution in [2.45, 2.75) is 40.0 Å². The van der Waals surface area contributed by atoms with Gasteiger partial charge in [0.2, 0.25) is 9.39 Å². The normalized spacial score (nSPS) is 13.1. The zero-order valence-corrected chi connectivity index (χ0v) is 11.2. The van der Waals surface area contributed by atoms with E-state index in [-0.39, 0.29) is 0 Å². The van der Waals surface area contributed by atoms with Crippen molar-refractivity contribution in [3.8, 4) is 0 Å². The molecule has 0 unspecified atom stereocenters. The minimum atomic E-state index is -1.92. The van der Waals surface area contributed by atoms with Crippen molar-refractivity contribution < 1.29 is 12.5 Å². The quantitative estimate of drug-likeness (QED) is 0.577. The van der Waals surface area contributed by atoms with Crippen LogP contribution in [0.1, 0.15) is 40.0 Å². The summed E-state index contributed by atoms with van der Waals surface area (Å²) >= 11 is 0. The first-order valence-corrected chi connectivity index (χ1v) is 7.82. The monoisotopic (exact) mass is 237 g/mol. The Hall–Kier alpha value is 0.447. The van der Waals surface area contributed by atoms with Crippen molar-refractivity contribution in [3.63, 3.8) is 0 Å². The lowest BCUT2D eigenvalue weighted by atomic mass is 10.5. The van der Waals surface area contributed by atoms with Gasteiger partial charge in [-0.2, -0.15) is 0 Å². The fourth-order valence-electron chi connectivity index (χ4n) is 0.681. The average molecular weight is 237 g/mol. The Morgan fingerprint density at radius 3 is 1.29 bits per heavy atom. The summed E-state index contributed by atoms with van der Waals surface area (Å²) in [7, 11) is 1.54. The lowest BCUT2D eigenvalue weighted by molar-refractivity contribution is 0.182. The summed E-state index contributed by atoms with van der Waals surface area (Å²) in [5, 5.41) is 0. The predicted molar refractivity (Wildman–Crippen MR) is 62.1 cm³/mol. The van der Waals surface area contributed by atoms with Gasteiger partial charge in [0.15, 0.2) is 0 Å². The maximum Gasteiger partial charge on any atom is 0.208 e. The molecule has 0 fully saturated rings. The van der Waals surface area contributed by atoms with E-state index >= 15 is 0 Å². The highest BCUT2D eigenvalue weighted by molar-refractivity contribution is 8.39. The highest BCUT2D eigenvalue weighted by atomic mass is 32.5. The lowest BCUT2D eigenvalue weighted by Gasteiger charge is -2.34. The molecular weight excluding hydrogens is 216 g/mol. The SMILES string of the molecule is CCCOS([Si])(OCCC)OCCC. The molecule has 0 spiro atoms. The summed E-state index contributed by atoms with van der Waals surface area (Å²) in [6.07, 6.45) is 2.89. The fourth-order valence-corrected chi connectivity index (χ4v) is 2.79. The molecule has 3 radical (unpaired) electrons. The lowest BCUT2D eigenvalue weighted by Crippen LogP contribution is -2.14. The van der Waals surface area contributed by atoms with Gasteiger partial charge in [0.1, 0.15) is 0 Å². The second-order valence-electron chi connectivity index (χ2n) is 2.92. The van der Waals surface area contributed by atoms with Crippen molar-refractivity contribution >= 4 is 19.7 Å². The zero-order valence-electron chi connectivity index (χ0n) is 9.38. The van der Waals surface area contributed by atoms with E-state index in [4.69, 9.17) is 12.5 Å². The van der Waals surface area contributed by atoms with Gasteiger partial charge >= 0.3 is 0 Å². The molecule has 0 aromatic heterocycles. The third kappa shape index (κ3) is 6.84. The van der Waals surface area contributed by atoms with E-state index in [1.54, 1.807) is 0 Å². The molecule has 3 nitrogen and oxygen atoms in total. The van der Waals surface area contributed by atoms with Crippen LogP contribution in [0.5, 0.6) is 0 Å². The number of hydrogen-bond acceptors (Lipinski definition) is 3. The molecule has 5 heteroatoms. The molecule has 0 aromatic rings. The molecule has 0 atom stereocenters. The van der Waals surface area contributed by atoms with Crippen molar-refractivity contribution in [2.24, 2.45) is 0 Å². The van der Waals surface area contributed by atoms with Gasteiger partial charge in [-0.25, -0.2) is 0 Å². The van der Waals surface area contributed by atoms with E-state index in [9.17, 15) is 0 Å². The molecule has 0 rings (SSSR count). The van der Waals surface area contributed by atoms with Crippen molar-refractivity contribution in [1.82, 2.24) is 0 Å². The first-order chi connectivity index (χ1) is 6.68. The Labute approximate surface area is 92.5 Å². The third-order valence-corrected chi connectivity index (χ3v) is 3.82. The van der Waals surface area contributed by atoms with Crippen LogP contribution in [0.15, 0.2) is 0 Å². The molecule has 0 aliphatic carbocycles. The fraction of sp³-hybridized carbons (Fsp3) is 1.00. The van der Waals surface area contributed by atoms with Crippen LogP contribution in [0.4, 0.5) is 0 Å². The Bertz CT molecular complexity index is 113. The van der Waals surface area contributed by atoms with E-state index in [1.165, 1.54) is 0 Å². The van der Waals surface area contributed by atoms with E-state index in [0.29, 0.717) is 19.8 Å². The Balaban J connectivity index is 3.89. The minimum absolute atomic E-state index is 0.659. The molecule has 0 heterocycles. The van der Waals surface area contributed by atoms with Gasteiger partial charge in [0.05, 0.1) is 30.1 Å². The molecule has 0 saturated heterocycles. The van der Waals surface area contributed by atoms with Crippen LogP contribution in [-0.2, 0) is 12.5 Å². The van der Waals surface area contributed by atoms with Crippen LogP contribution in [0.25, 0.3) is 0 Å². The van der Waals surface area contributed by atoms with Crippen LogP contribution in [0.3, 0.4) is 0 Å². The van der Waals surface area contributed by atoms with Crippen LogP contribution in [0.2, 0.25) is 0 Å². The Morgan fingerprint density at radius 2 is 1.07 bits per heavy atom. The number of hydrogen-bond donors (Lipinski definition) is 0. The highest BCUT2D eigenvalue weighted by Gasteiger charge is 2.19. The standard InChI is InChI=1S/C9H21O3SSi/c1-4-7-10-13(14,11-8-5-2)12-9-6-3/h4-9H2,1-3H3. The van der Waals surface area contributed by atoms with Crippen LogP contribution >= 0.6 is 10.3 Å². The van der Waals surface area contributed by atoms with Gasteiger partial charge in [0, 0.05) is 0 Å². The largest absolute Gasteiger partial charge is 0.298 e. The summed E-state index contributed by atoms with van der Waals surface area (Å²) in [6, 6.07) is 0. The summed E-state index contributed by atoms with van der Waals surface area (Å²) < 4.78 is 16.6. The van der Waals surface area contributed by atoms with E-state index in [0.717, 1.165) is 19.3 Å². The molecule has 0 N–H and O–H groups in total. The molecule has 14 heavy (non-hydrogen) atoms. The summed E-state index contributed by atoms with van der Waals surface area (Å²) in [5.41, 5.74) is 0. The molecule has 0 saturated carbocycles. The number of rotatable bonds is 9. The van der Waals surface area contributed by atoms with E-state index in [1.807, 2.05) is 0 Å². The molecule has 85 valence electrons. The maximum absolute atomic E-state index is 5.54. The molecule has 0 aliphatic heterocycles. The van der Waals surface area contributed by atoms with Crippen LogP contribution in [0, 0.1) is 0 Å². The average Bonchev–Trinajstić information content (AvgIpc) is 2.21. The molecule has 0 aliphatic rings. The van der Waals surface area contributed by atoms with E-state index < -0.39 is 10.3 Å². The topological polar surface area (TPSA) is 27.7 Å². The molecule has 0 amide bonds. The summed E-state index contributed by atoms with van der Waals surface area (Å²) in [5.74, 6) is 0. The first-order valence-electron chi connectivity index (χ1n) is 5.19. The maximum atomic E-state index is 5.54. The van der Waals surface area contributed by atoms with Crippen molar-refractivity contribution in [2.75, 3.05) is 19.8 Å². The van der Waals surface area contributed by atoms with Gasteiger partial charge in [-0.05, 0) is 19.3 Å². The second kappa shape index (κ2) is 8.73. The summed E-state index contributed by atoms with van der Waals surface area (Å²) in [4.78, 5) is 0. The van der Waals surface area contributed by atoms with Gasteiger partial charge in [-0.1, -0.05) is 20.8 Å². The van der Waals surface area contributed by atoms with E-state index in [2.05, 4.69) is 30.2 Å². The minimum Gasteiger partial charge on any atom is -0.298 e. The van der Waals surface area contributed by atoms with Gasteiger partial charge in [-0.3, -0.25) is 12.5 Å². The predicted octanol–water partition coefficient (Wildman–Crippen LogP) is 2.90. The molecule has 0 aromatic carbocycles. The van der Waals surface area contributed by atoms with Crippen LogP contribution < -0.4 is 0 Å². The zero-order chi connectivity index (χ0) is 10.9. The Kier molecular flexibility index (Phi) is 9.01. The second-order valence-corrected chi connectivity index (χ2v) is 6.04. The van der Waals surface area contributed by atoms with Crippen LogP contribution in [-0.4, -0.2) is 29.2 Å². The van der Waals surface area contributed by atoms with Crippen molar-refractivity contribution in [1.29, 1.82) is 0 Å². The Morgan fingerprint density at radius 1 is 0.786 bits per heavy atom. The summed E-state index contributed by atoms with van der Waals surface area (Å²) in [6.45, 7) is 8.16. The van der Waals surface area contributed by atoms with Gasteiger partial charge in [0.25, 0.3) is 0 Å². The first kappa shape index (κ1) is 14.4. The van der Waals surface area contributed by atoms with Crippen molar-refractivity contribution in [3.05, 3.63) is 0 Å². The van der Waals surface area contributed by atoms with Gasteiger partial charge in [-0.15, -0.1) is 0 Å².